The van der Waals surface area contributed by atoms with E-state index < -0.39 is 10.0 Å². The van der Waals surface area contributed by atoms with E-state index in [0.29, 0.717) is 26.2 Å². The third-order valence-electron chi connectivity index (χ3n) is 3.66. The lowest BCUT2D eigenvalue weighted by Crippen LogP contribution is -2.51. The largest absolute Gasteiger partial charge is 0.352 e. The van der Waals surface area contributed by atoms with Gasteiger partial charge in [-0.15, -0.1) is 5.10 Å². The third-order valence-corrected chi connectivity index (χ3v) is 4.93. The van der Waals surface area contributed by atoms with E-state index in [4.69, 9.17) is 0 Å². The molecule has 1 aromatic heterocycles. The van der Waals surface area contributed by atoms with Crippen molar-refractivity contribution in [1.82, 2.24) is 19.4 Å². The summed E-state index contributed by atoms with van der Waals surface area (Å²) in [6, 6.07) is 3.82. The number of aromatic nitrogens is 2. The highest BCUT2D eigenvalue weighted by Gasteiger charge is 2.24. The number of anilines is 1. The van der Waals surface area contributed by atoms with Gasteiger partial charge >= 0.3 is 0 Å². The summed E-state index contributed by atoms with van der Waals surface area (Å²) in [5, 5.41) is 8.17. The zero-order chi connectivity index (χ0) is 16.3. The van der Waals surface area contributed by atoms with Gasteiger partial charge in [0.1, 0.15) is 0 Å². The molecule has 0 atom stereocenters. The minimum absolute atomic E-state index is 0.122. The molecule has 1 aliphatic rings. The fourth-order valence-corrected chi connectivity index (χ4v) is 2.50. The first-order valence-electron chi connectivity index (χ1n) is 7.02. The summed E-state index contributed by atoms with van der Waals surface area (Å²) in [6.45, 7) is 4.17. The number of carbonyl (C=O) groups is 1. The SMILES string of the molecule is Cc1ccc(N2CCN(C(=O)CN(C)S(C)(=O)=O)CC2)nn1. The van der Waals surface area contributed by atoms with Gasteiger partial charge in [-0.05, 0) is 19.1 Å². The average Bonchev–Trinajstić information content (AvgIpc) is 2.47. The van der Waals surface area contributed by atoms with Crippen LogP contribution >= 0.6 is 0 Å². The Labute approximate surface area is 130 Å². The molecule has 1 amide bonds. The number of likely N-dealkylation sites (N-methyl/N-ethyl adjacent to an activating group) is 1. The number of piperazine rings is 1. The first-order chi connectivity index (χ1) is 10.3. The topological polar surface area (TPSA) is 86.7 Å². The normalized spacial score (nSPS) is 16.2. The molecule has 0 spiro atoms. The lowest BCUT2D eigenvalue weighted by atomic mass is 10.3. The molecular formula is C13H21N5O3S. The van der Waals surface area contributed by atoms with E-state index in [-0.39, 0.29) is 12.5 Å². The van der Waals surface area contributed by atoms with E-state index in [2.05, 4.69) is 15.1 Å². The Balaban J connectivity index is 1.89. The molecule has 0 unspecified atom stereocenters. The highest BCUT2D eigenvalue weighted by atomic mass is 32.2. The first-order valence-corrected chi connectivity index (χ1v) is 8.86. The summed E-state index contributed by atoms with van der Waals surface area (Å²) < 4.78 is 23.8. The van der Waals surface area contributed by atoms with Gasteiger partial charge in [-0.25, -0.2) is 8.42 Å². The molecule has 22 heavy (non-hydrogen) atoms. The Morgan fingerprint density at radius 2 is 1.86 bits per heavy atom. The van der Waals surface area contributed by atoms with Crippen LogP contribution in [-0.2, 0) is 14.8 Å². The van der Waals surface area contributed by atoms with Gasteiger partial charge in [-0.2, -0.15) is 9.40 Å². The molecule has 8 nitrogen and oxygen atoms in total. The number of rotatable bonds is 4. The van der Waals surface area contributed by atoms with Gasteiger partial charge in [0.05, 0.1) is 18.5 Å². The number of hydrogen-bond acceptors (Lipinski definition) is 6. The summed E-state index contributed by atoms with van der Waals surface area (Å²) in [5.74, 6) is 0.619. The molecule has 2 heterocycles. The van der Waals surface area contributed by atoms with Crippen molar-refractivity contribution in [2.45, 2.75) is 6.92 Å². The average molecular weight is 327 g/mol. The molecule has 1 saturated heterocycles. The van der Waals surface area contributed by atoms with Gasteiger partial charge in [0.2, 0.25) is 15.9 Å². The van der Waals surface area contributed by atoms with E-state index in [1.165, 1.54) is 7.05 Å². The van der Waals surface area contributed by atoms with Crippen LogP contribution < -0.4 is 4.90 Å². The second-order valence-corrected chi connectivity index (χ2v) is 7.51. The molecule has 1 fully saturated rings. The van der Waals surface area contributed by atoms with Gasteiger partial charge in [0, 0.05) is 33.2 Å². The van der Waals surface area contributed by atoms with Crippen LogP contribution in [0.2, 0.25) is 0 Å². The Morgan fingerprint density at radius 3 is 2.36 bits per heavy atom. The van der Waals surface area contributed by atoms with Crippen molar-refractivity contribution < 1.29 is 13.2 Å². The summed E-state index contributed by atoms with van der Waals surface area (Å²) in [6.07, 6.45) is 1.09. The van der Waals surface area contributed by atoms with Crippen LogP contribution in [0.4, 0.5) is 5.82 Å². The monoisotopic (exact) mass is 327 g/mol. The third kappa shape index (κ3) is 4.14. The van der Waals surface area contributed by atoms with E-state index >= 15 is 0 Å². The Bertz CT molecular complexity index is 624. The Hall–Kier alpha value is -1.74. The number of amides is 1. The summed E-state index contributed by atoms with van der Waals surface area (Å²) in [7, 11) is -1.93. The molecule has 1 aliphatic heterocycles. The lowest BCUT2D eigenvalue weighted by molar-refractivity contribution is -0.131. The minimum atomic E-state index is -3.34. The predicted octanol–water partition coefficient (Wildman–Crippen LogP) is -0.675. The molecule has 0 radical (unpaired) electrons. The van der Waals surface area contributed by atoms with Crippen molar-refractivity contribution in [1.29, 1.82) is 0 Å². The molecule has 122 valence electrons. The molecule has 1 aromatic rings. The molecule has 2 rings (SSSR count). The highest BCUT2D eigenvalue weighted by molar-refractivity contribution is 7.88. The van der Waals surface area contributed by atoms with E-state index in [9.17, 15) is 13.2 Å². The van der Waals surface area contributed by atoms with Crippen molar-refractivity contribution in [3.8, 4) is 0 Å². The molecule has 0 aliphatic carbocycles. The number of sulfonamides is 1. The van der Waals surface area contributed by atoms with Crippen molar-refractivity contribution in [3.05, 3.63) is 17.8 Å². The van der Waals surface area contributed by atoms with Crippen molar-refractivity contribution >= 4 is 21.7 Å². The van der Waals surface area contributed by atoms with Gasteiger partial charge in [0.25, 0.3) is 0 Å². The number of aryl methyl sites for hydroxylation is 1. The number of hydrogen-bond donors (Lipinski definition) is 0. The van der Waals surface area contributed by atoms with Crippen molar-refractivity contribution in [3.63, 3.8) is 0 Å². The van der Waals surface area contributed by atoms with Crippen LogP contribution in [0.3, 0.4) is 0 Å². The van der Waals surface area contributed by atoms with Crippen molar-refractivity contribution in [2.75, 3.05) is 50.9 Å². The molecule has 0 bridgehead atoms. The maximum absolute atomic E-state index is 12.1. The maximum atomic E-state index is 12.1. The second kappa shape index (κ2) is 6.57. The molecule has 9 heteroatoms. The first kappa shape index (κ1) is 16.6. The van der Waals surface area contributed by atoms with Gasteiger partial charge in [-0.1, -0.05) is 0 Å². The van der Waals surface area contributed by atoms with Crippen LogP contribution in [0.1, 0.15) is 5.69 Å². The molecule has 0 aromatic carbocycles. The molecular weight excluding hydrogens is 306 g/mol. The van der Waals surface area contributed by atoms with Gasteiger partial charge in [-0.3, -0.25) is 4.79 Å². The fraction of sp³-hybridized carbons (Fsp3) is 0.615. The van der Waals surface area contributed by atoms with Crippen LogP contribution in [0.5, 0.6) is 0 Å². The maximum Gasteiger partial charge on any atom is 0.238 e. The van der Waals surface area contributed by atoms with Crippen LogP contribution in [0, 0.1) is 6.92 Å². The van der Waals surface area contributed by atoms with Gasteiger partial charge < -0.3 is 9.80 Å². The Kier molecular flexibility index (Phi) is 4.97. The van der Waals surface area contributed by atoms with Crippen molar-refractivity contribution in [2.24, 2.45) is 0 Å². The number of nitrogens with zero attached hydrogens (tertiary/aromatic N) is 5. The quantitative estimate of drug-likeness (QED) is 0.729. The van der Waals surface area contributed by atoms with E-state index in [0.717, 1.165) is 22.1 Å². The zero-order valence-corrected chi connectivity index (χ0v) is 13.9. The number of carbonyl (C=O) groups excluding carboxylic acids is 1. The highest BCUT2D eigenvalue weighted by Crippen LogP contribution is 2.13. The van der Waals surface area contributed by atoms with Crippen LogP contribution in [-0.4, -0.2) is 79.8 Å². The summed E-state index contributed by atoms with van der Waals surface area (Å²) in [4.78, 5) is 15.9. The summed E-state index contributed by atoms with van der Waals surface area (Å²) in [5.41, 5.74) is 0.862. The van der Waals surface area contributed by atoms with Crippen LogP contribution in [0.15, 0.2) is 12.1 Å². The van der Waals surface area contributed by atoms with E-state index in [1.807, 2.05) is 19.1 Å². The summed E-state index contributed by atoms with van der Waals surface area (Å²) >= 11 is 0. The minimum Gasteiger partial charge on any atom is -0.352 e. The van der Waals surface area contributed by atoms with Gasteiger partial charge in [0.15, 0.2) is 5.82 Å². The predicted molar refractivity (Wildman–Crippen MR) is 83.0 cm³/mol. The molecule has 0 N–H and O–H groups in total. The molecule has 0 saturated carbocycles. The zero-order valence-electron chi connectivity index (χ0n) is 13.1. The second-order valence-electron chi connectivity index (χ2n) is 5.42. The smallest absolute Gasteiger partial charge is 0.238 e. The Morgan fingerprint density at radius 1 is 1.23 bits per heavy atom. The standard InChI is InChI=1S/C13H21N5O3S/c1-11-4-5-12(15-14-11)17-6-8-18(9-7-17)13(19)10-16(2)22(3,20)21/h4-5H,6-10H2,1-3H3. The van der Waals surface area contributed by atoms with E-state index in [1.54, 1.807) is 4.90 Å². The fourth-order valence-electron chi connectivity index (χ4n) is 2.15. The van der Waals surface area contributed by atoms with Crippen LogP contribution in [0.25, 0.3) is 0 Å². The lowest BCUT2D eigenvalue weighted by Gasteiger charge is -2.35.